The lowest BCUT2D eigenvalue weighted by Crippen LogP contribution is -2.51. The molecular formula is C20H23N5O2. The second-order valence-electron chi connectivity index (χ2n) is 7.02. The molecule has 2 amide bonds. The number of carbonyl (C=O) groups excluding carboxylic acids is 2. The normalized spacial score (nSPS) is 20.4. The zero-order chi connectivity index (χ0) is 18.8. The van der Waals surface area contributed by atoms with E-state index in [1.807, 2.05) is 29.2 Å². The van der Waals surface area contributed by atoms with Crippen LogP contribution in [0.15, 0.2) is 43.2 Å². The van der Waals surface area contributed by atoms with Gasteiger partial charge in [-0.15, -0.1) is 6.58 Å². The predicted molar refractivity (Wildman–Crippen MR) is 103 cm³/mol. The van der Waals surface area contributed by atoms with Crippen LogP contribution in [-0.4, -0.2) is 70.9 Å². The Morgan fingerprint density at radius 1 is 1.19 bits per heavy atom. The van der Waals surface area contributed by atoms with Crippen LogP contribution < -0.4 is 4.90 Å². The monoisotopic (exact) mass is 365 g/mol. The third-order valence-corrected chi connectivity index (χ3v) is 5.33. The van der Waals surface area contributed by atoms with Crippen LogP contribution in [0.5, 0.6) is 0 Å². The summed E-state index contributed by atoms with van der Waals surface area (Å²) in [5.41, 5.74) is 0.924. The molecule has 0 N–H and O–H groups in total. The molecule has 0 bridgehead atoms. The molecule has 7 nitrogen and oxygen atoms in total. The first-order valence-corrected chi connectivity index (χ1v) is 9.29. The van der Waals surface area contributed by atoms with Crippen molar-refractivity contribution in [2.24, 2.45) is 5.92 Å². The number of aromatic nitrogens is 2. The fourth-order valence-electron chi connectivity index (χ4n) is 3.91. The second kappa shape index (κ2) is 7.34. The van der Waals surface area contributed by atoms with Gasteiger partial charge in [0.15, 0.2) is 0 Å². The summed E-state index contributed by atoms with van der Waals surface area (Å²) >= 11 is 0. The van der Waals surface area contributed by atoms with Crippen LogP contribution in [0.1, 0.15) is 6.42 Å². The lowest BCUT2D eigenvalue weighted by molar-refractivity contribution is -0.136. The second-order valence-corrected chi connectivity index (χ2v) is 7.02. The SMILES string of the molecule is C=CCN1CC(C(=O)N2CCN(c3ncnc4ccccc34)CC2)CC1=O. The van der Waals surface area contributed by atoms with Gasteiger partial charge in [0, 0.05) is 51.1 Å². The Hall–Kier alpha value is -2.96. The number of anilines is 1. The van der Waals surface area contributed by atoms with E-state index in [0.29, 0.717) is 32.6 Å². The smallest absolute Gasteiger partial charge is 0.228 e. The minimum absolute atomic E-state index is 0.0411. The van der Waals surface area contributed by atoms with Crippen molar-refractivity contribution in [1.29, 1.82) is 0 Å². The topological polar surface area (TPSA) is 69.6 Å². The Balaban J connectivity index is 1.41. The number of carbonyl (C=O) groups is 2. The molecule has 3 heterocycles. The lowest BCUT2D eigenvalue weighted by Gasteiger charge is -2.36. The highest BCUT2D eigenvalue weighted by atomic mass is 16.2. The third kappa shape index (κ3) is 3.37. The average Bonchev–Trinajstić information content (AvgIpc) is 3.08. The quantitative estimate of drug-likeness (QED) is 0.764. The van der Waals surface area contributed by atoms with Gasteiger partial charge < -0.3 is 14.7 Å². The molecule has 1 aromatic carbocycles. The molecule has 0 spiro atoms. The molecule has 2 aliphatic rings. The third-order valence-electron chi connectivity index (χ3n) is 5.33. The number of piperazine rings is 1. The number of amides is 2. The number of hydrogen-bond donors (Lipinski definition) is 0. The van der Waals surface area contributed by atoms with Crippen molar-refractivity contribution in [3.63, 3.8) is 0 Å². The maximum absolute atomic E-state index is 12.8. The van der Waals surface area contributed by atoms with Crippen LogP contribution in [0.3, 0.4) is 0 Å². The average molecular weight is 365 g/mol. The minimum atomic E-state index is -0.233. The Labute approximate surface area is 158 Å². The molecule has 0 saturated carbocycles. The van der Waals surface area contributed by atoms with E-state index in [4.69, 9.17) is 0 Å². The van der Waals surface area contributed by atoms with Gasteiger partial charge in [-0.05, 0) is 12.1 Å². The fourth-order valence-corrected chi connectivity index (χ4v) is 3.91. The number of para-hydroxylation sites is 1. The highest BCUT2D eigenvalue weighted by Crippen LogP contribution is 2.25. The maximum Gasteiger partial charge on any atom is 0.228 e. The highest BCUT2D eigenvalue weighted by Gasteiger charge is 2.36. The Bertz CT molecular complexity index is 870. The van der Waals surface area contributed by atoms with E-state index in [2.05, 4.69) is 21.4 Å². The van der Waals surface area contributed by atoms with Crippen molar-refractivity contribution in [2.45, 2.75) is 6.42 Å². The fraction of sp³-hybridized carbons (Fsp3) is 0.400. The van der Waals surface area contributed by atoms with Crippen LogP contribution in [0.25, 0.3) is 10.9 Å². The van der Waals surface area contributed by atoms with Crippen LogP contribution in [0.4, 0.5) is 5.82 Å². The number of likely N-dealkylation sites (tertiary alicyclic amines) is 1. The number of hydrogen-bond acceptors (Lipinski definition) is 5. The van der Waals surface area contributed by atoms with Gasteiger partial charge in [-0.25, -0.2) is 9.97 Å². The standard InChI is InChI=1S/C20H23N5O2/c1-2-7-25-13-15(12-18(25)26)20(27)24-10-8-23(9-11-24)19-16-5-3-4-6-17(16)21-14-22-19/h2-6,14-15H,1,7-13H2. The largest absolute Gasteiger partial charge is 0.352 e. The van der Waals surface area contributed by atoms with E-state index in [0.717, 1.165) is 29.8 Å². The van der Waals surface area contributed by atoms with Crippen LogP contribution >= 0.6 is 0 Å². The summed E-state index contributed by atoms with van der Waals surface area (Å²) in [4.78, 5) is 39.4. The summed E-state index contributed by atoms with van der Waals surface area (Å²) in [5, 5.41) is 1.03. The number of rotatable bonds is 4. The summed E-state index contributed by atoms with van der Waals surface area (Å²) in [6.07, 6.45) is 3.60. The predicted octanol–water partition coefficient (Wildman–Crippen LogP) is 1.31. The molecule has 4 rings (SSSR count). The van der Waals surface area contributed by atoms with Gasteiger partial charge in [-0.3, -0.25) is 9.59 Å². The van der Waals surface area contributed by atoms with Gasteiger partial charge in [0.1, 0.15) is 12.1 Å². The van der Waals surface area contributed by atoms with Gasteiger partial charge >= 0.3 is 0 Å². The molecule has 7 heteroatoms. The van der Waals surface area contributed by atoms with Gasteiger partial charge in [0.2, 0.25) is 11.8 Å². The molecule has 2 aromatic rings. The maximum atomic E-state index is 12.8. The number of benzene rings is 1. The Morgan fingerprint density at radius 2 is 1.96 bits per heavy atom. The molecule has 27 heavy (non-hydrogen) atoms. The molecule has 1 aromatic heterocycles. The van der Waals surface area contributed by atoms with Crippen molar-refractivity contribution in [3.8, 4) is 0 Å². The Kier molecular flexibility index (Phi) is 4.75. The van der Waals surface area contributed by atoms with Gasteiger partial charge in [-0.1, -0.05) is 18.2 Å². The summed E-state index contributed by atoms with van der Waals surface area (Å²) in [5.74, 6) is 0.811. The first kappa shape index (κ1) is 17.5. The lowest BCUT2D eigenvalue weighted by atomic mass is 10.1. The van der Waals surface area contributed by atoms with Crippen LogP contribution in [0, 0.1) is 5.92 Å². The van der Waals surface area contributed by atoms with Crippen LogP contribution in [-0.2, 0) is 9.59 Å². The molecule has 1 unspecified atom stereocenters. The van der Waals surface area contributed by atoms with E-state index in [1.54, 1.807) is 17.3 Å². The van der Waals surface area contributed by atoms with E-state index >= 15 is 0 Å². The van der Waals surface area contributed by atoms with Gasteiger partial charge in [0.05, 0.1) is 11.4 Å². The Morgan fingerprint density at radius 3 is 2.74 bits per heavy atom. The molecule has 2 saturated heterocycles. The first-order chi connectivity index (χ1) is 13.2. The molecular weight excluding hydrogens is 342 g/mol. The first-order valence-electron chi connectivity index (χ1n) is 9.29. The number of fused-ring (bicyclic) bond motifs is 1. The highest BCUT2D eigenvalue weighted by molar-refractivity contribution is 5.90. The van der Waals surface area contributed by atoms with E-state index < -0.39 is 0 Å². The minimum Gasteiger partial charge on any atom is -0.352 e. The van der Waals surface area contributed by atoms with Gasteiger partial charge in [-0.2, -0.15) is 0 Å². The molecule has 1 atom stereocenters. The zero-order valence-corrected chi connectivity index (χ0v) is 15.3. The van der Waals surface area contributed by atoms with Gasteiger partial charge in [0.25, 0.3) is 0 Å². The van der Waals surface area contributed by atoms with E-state index in [1.165, 1.54) is 0 Å². The number of nitrogens with zero attached hydrogens (tertiary/aromatic N) is 5. The van der Waals surface area contributed by atoms with Crippen molar-refractivity contribution in [1.82, 2.24) is 19.8 Å². The molecule has 0 radical (unpaired) electrons. The summed E-state index contributed by atoms with van der Waals surface area (Å²) in [7, 11) is 0. The van der Waals surface area contributed by atoms with Crippen molar-refractivity contribution >= 4 is 28.5 Å². The molecule has 2 aliphatic heterocycles. The summed E-state index contributed by atoms with van der Waals surface area (Å²) in [6, 6.07) is 7.96. The molecule has 0 aliphatic carbocycles. The van der Waals surface area contributed by atoms with Crippen molar-refractivity contribution in [2.75, 3.05) is 44.2 Å². The van der Waals surface area contributed by atoms with E-state index in [-0.39, 0.29) is 17.7 Å². The van der Waals surface area contributed by atoms with E-state index in [9.17, 15) is 9.59 Å². The summed E-state index contributed by atoms with van der Waals surface area (Å²) < 4.78 is 0. The summed E-state index contributed by atoms with van der Waals surface area (Å²) in [6.45, 7) is 7.42. The zero-order valence-electron chi connectivity index (χ0n) is 15.3. The van der Waals surface area contributed by atoms with Crippen molar-refractivity contribution < 1.29 is 9.59 Å². The molecule has 140 valence electrons. The molecule has 2 fully saturated rings. The van der Waals surface area contributed by atoms with Crippen LogP contribution in [0.2, 0.25) is 0 Å². The van der Waals surface area contributed by atoms with Crippen molar-refractivity contribution in [3.05, 3.63) is 43.2 Å².